The molecule has 0 aliphatic heterocycles. The Kier molecular flexibility index (Phi) is 7.70. The van der Waals surface area contributed by atoms with Crippen molar-refractivity contribution in [3.8, 4) is 5.75 Å². The van der Waals surface area contributed by atoms with Crippen LogP contribution >= 0.6 is 0 Å². The fourth-order valence-corrected chi connectivity index (χ4v) is 3.26. The molecule has 0 radical (unpaired) electrons. The minimum atomic E-state index is -0.487. The average Bonchev–Trinajstić information content (AvgIpc) is 2.65. The maximum absolute atomic E-state index is 12.2. The summed E-state index contributed by atoms with van der Waals surface area (Å²) in [5.41, 5.74) is 1.27. The number of aryl methyl sites for hydroxylation is 1. The van der Waals surface area contributed by atoms with Crippen molar-refractivity contribution in [1.82, 2.24) is 4.98 Å². The minimum absolute atomic E-state index is 0.155. The van der Waals surface area contributed by atoms with E-state index in [1.807, 2.05) is 13.0 Å². The van der Waals surface area contributed by atoms with E-state index < -0.39 is 4.92 Å². The third kappa shape index (κ3) is 5.02. The van der Waals surface area contributed by atoms with Gasteiger partial charge in [-0.15, -0.1) is 0 Å². The largest absolute Gasteiger partial charge is 0.492 e. The van der Waals surface area contributed by atoms with Crippen LogP contribution in [0.4, 0.5) is 5.69 Å². The summed E-state index contributed by atoms with van der Waals surface area (Å²) in [7, 11) is 0. The highest BCUT2D eigenvalue weighted by Crippen LogP contribution is 2.38. The van der Waals surface area contributed by atoms with Gasteiger partial charge >= 0.3 is 0 Å². The Balaban J connectivity index is 2.38. The lowest BCUT2D eigenvalue weighted by Crippen LogP contribution is -2.07. The number of aromatic nitrogens is 1. The number of benzene rings is 1. The van der Waals surface area contributed by atoms with Crippen LogP contribution in [0.1, 0.15) is 75.2 Å². The van der Waals surface area contributed by atoms with Gasteiger partial charge in [-0.25, -0.2) is 4.98 Å². The number of carbonyl (C=O) groups is 1. The van der Waals surface area contributed by atoms with Gasteiger partial charge in [0, 0.05) is 12.3 Å². The summed E-state index contributed by atoms with van der Waals surface area (Å²) < 4.78 is 6.01. The molecule has 0 aliphatic rings. The maximum atomic E-state index is 12.2. The van der Waals surface area contributed by atoms with E-state index in [0.717, 1.165) is 18.4 Å². The highest BCUT2D eigenvalue weighted by atomic mass is 16.6. The molecule has 1 aromatic carbocycles. The Hall–Kier alpha value is -2.50. The lowest BCUT2D eigenvalue weighted by atomic mass is 9.99. The molecule has 0 amide bonds. The lowest BCUT2D eigenvalue weighted by Gasteiger charge is -2.15. The third-order valence-electron chi connectivity index (χ3n) is 4.73. The summed E-state index contributed by atoms with van der Waals surface area (Å²) in [6, 6.07) is 3.13. The first-order chi connectivity index (χ1) is 13.0. The van der Waals surface area contributed by atoms with Crippen LogP contribution in [0.15, 0.2) is 18.3 Å². The highest BCUT2D eigenvalue weighted by Gasteiger charge is 2.24. The van der Waals surface area contributed by atoms with Gasteiger partial charge < -0.3 is 4.74 Å². The molecule has 1 aromatic heterocycles. The van der Waals surface area contributed by atoms with Crippen LogP contribution in [0.2, 0.25) is 0 Å². The van der Waals surface area contributed by atoms with Crippen molar-refractivity contribution in [2.24, 2.45) is 0 Å². The number of ether oxygens (including phenoxy) is 1. The second kappa shape index (κ2) is 10.00. The molecule has 2 aromatic rings. The molecule has 6 heteroatoms. The molecule has 146 valence electrons. The van der Waals surface area contributed by atoms with E-state index in [2.05, 4.69) is 11.9 Å². The van der Waals surface area contributed by atoms with Gasteiger partial charge in [0.2, 0.25) is 0 Å². The third-order valence-corrected chi connectivity index (χ3v) is 4.73. The summed E-state index contributed by atoms with van der Waals surface area (Å²) in [5.74, 6) is 0.186. The standard InChI is InChI=1S/C21H28N2O4/c1-4-6-7-8-9-10-13-27-21-17(15(3)24)14-18(23(25)26)20-19(21)16(5-2)11-12-22-20/h11-12,14H,4-10,13H2,1-3H3. The number of nitrogens with zero attached hydrogens (tertiary/aromatic N) is 2. The number of ketones is 1. The molecule has 0 N–H and O–H groups in total. The fourth-order valence-electron chi connectivity index (χ4n) is 3.26. The van der Waals surface area contributed by atoms with E-state index in [1.54, 1.807) is 6.20 Å². The average molecular weight is 372 g/mol. The molecule has 27 heavy (non-hydrogen) atoms. The Labute approximate surface area is 160 Å². The number of carbonyl (C=O) groups excluding carboxylic acids is 1. The van der Waals surface area contributed by atoms with Crippen LogP contribution in [0.5, 0.6) is 5.75 Å². The minimum Gasteiger partial charge on any atom is -0.492 e. The monoisotopic (exact) mass is 372 g/mol. The van der Waals surface area contributed by atoms with Crippen molar-refractivity contribution in [2.75, 3.05) is 6.61 Å². The number of Topliss-reactive ketones (excluding diaryl/α,β-unsaturated/α-hetero) is 1. The van der Waals surface area contributed by atoms with Crippen molar-refractivity contribution in [3.05, 3.63) is 39.6 Å². The van der Waals surface area contributed by atoms with Crippen LogP contribution in [-0.4, -0.2) is 22.3 Å². The first-order valence-corrected chi connectivity index (χ1v) is 9.73. The van der Waals surface area contributed by atoms with Crippen molar-refractivity contribution in [1.29, 1.82) is 0 Å². The number of nitro groups is 1. The summed E-state index contributed by atoms with van der Waals surface area (Å²) in [4.78, 5) is 27.4. The van der Waals surface area contributed by atoms with E-state index in [-0.39, 0.29) is 22.6 Å². The van der Waals surface area contributed by atoms with E-state index in [4.69, 9.17) is 4.74 Å². The van der Waals surface area contributed by atoms with Crippen LogP contribution < -0.4 is 4.74 Å². The summed E-state index contributed by atoms with van der Waals surface area (Å²) in [6.07, 6.45) is 9.04. The smallest absolute Gasteiger partial charge is 0.296 e. The topological polar surface area (TPSA) is 82.3 Å². The normalized spacial score (nSPS) is 10.9. The van der Waals surface area contributed by atoms with E-state index in [1.165, 1.54) is 38.7 Å². The number of pyridine rings is 1. The molecule has 0 bridgehead atoms. The van der Waals surface area contributed by atoms with E-state index in [9.17, 15) is 14.9 Å². The van der Waals surface area contributed by atoms with Gasteiger partial charge in [-0.3, -0.25) is 14.9 Å². The number of unbranched alkanes of at least 4 members (excludes halogenated alkanes) is 5. The van der Waals surface area contributed by atoms with Crippen LogP contribution in [0.25, 0.3) is 10.9 Å². The zero-order valence-corrected chi connectivity index (χ0v) is 16.4. The molecule has 0 saturated heterocycles. The predicted octanol–water partition coefficient (Wildman–Crippen LogP) is 5.65. The Morgan fingerprint density at radius 1 is 1.19 bits per heavy atom. The van der Waals surface area contributed by atoms with Crippen molar-refractivity contribution in [3.63, 3.8) is 0 Å². The maximum Gasteiger partial charge on any atom is 0.296 e. The molecule has 0 atom stereocenters. The molecule has 0 fully saturated rings. The van der Waals surface area contributed by atoms with Crippen LogP contribution in [0.3, 0.4) is 0 Å². The molecule has 0 spiro atoms. The van der Waals surface area contributed by atoms with Gasteiger partial charge in [-0.1, -0.05) is 46.0 Å². The molecule has 2 rings (SSSR count). The number of nitro benzene ring substituents is 1. The van der Waals surface area contributed by atoms with Gasteiger partial charge in [0.25, 0.3) is 5.69 Å². The van der Waals surface area contributed by atoms with E-state index in [0.29, 0.717) is 24.2 Å². The molecule has 6 nitrogen and oxygen atoms in total. The van der Waals surface area contributed by atoms with Crippen LogP contribution in [0, 0.1) is 10.1 Å². The number of rotatable bonds is 11. The van der Waals surface area contributed by atoms with Gasteiger partial charge in [0.05, 0.1) is 22.5 Å². The zero-order chi connectivity index (χ0) is 19.8. The van der Waals surface area contributed by atoms with Crippen molar-refractivity contribution in [2.45, 2.75) is 65.7 Å². The molecular weight excluding hydrogens is 344 g/mol. The van der Waals surface area contributed by atoms with Crippen molar-refractivity contribution < 1.29 is 14.5 Å². The Morgan fingerprint density at radius 3 is 2.52 bits per heavy atom. The molecule has 1 heterocycles. The first kappa shape index (κ1) is 20.8. The number of hydrogen-bond acceptors (Lipinski definition) is 5. The molecule has 0 aliphatic carbocycles. The predicted molar refractivity (Wildman–Crippen MR) is 107 cm³/mol. The summed E-state index contributed by atoms with van der Waals surface area (Å²) in [6.45, 7) is 6.05. The number of hydrogen-bond donors (Lipinski definition) is 0. The number of non-ortho nitro benzene ring substituents is 1. The SMILES string of the molecule is CCCCCCCCOc1c(C(C)=O)cc([N+](=O)[O-])c2nccc(CC)c12. The van der Waals surface area contributed by atoms with Crippen molar-refractivity contribution >= 4 is 22.4 Å². The fraction of sp³-hybridized carbons (Fsp3) is 0.524. The molecule has 0 saturated carbocycles. The first-order valence-electron chi connectivity index (χ1n) is 9.73. The lowest BCUT2D eigenvalue weighted by molar-refractivity contribution is -0.383. The van der Waals surface area contributed by atoms with Gasteiger partial charge in [-0.05, 0) is 31.4 Å². The van der Waals surface area contributed by atoms with Gasteiger partial charge in [-0.2, -0.15) is 0 Å². The number of fused-ring (bicyclic) bond motifs is 1. The van der Waals surface area contributed by atoms with Gasteiger partial charge in [0.1, 0.15) is 5.75 Å². The molecular formula is C21H28N2O4. The Morgan fingerprint density at radius 2 is 1.89 bits per heavy atom. The quantitative estimate of drug-likeness (QED) is 0.220. The molecule has 0 unspecified atom stereocenters. The van der Waals surface area contributed by atoms with E-state index >= 15 is 0 Å². The van der Waals surface area contributed by atoms with Crippen LogP contribution in [-0.2, 0) is 6.42 Å². The zero-order valence-electron chi connectivity index (χ0n) is 16.4. The second-order valence-corrected chi connectivity index (χ2v) is 6.75. The summed E-state index contributed by atoms with van der Waals surface area (Å²) >= 11 is 0. The van der Waals surface area contributed by atoms with Gasteiger partial charge in [0.15, 0.2) is 11.3 Å². The Bertz CT molecular complexity index is 817. The second-order valence-electron chi connectivity index (χ2n) is 6.75. The summed E-state index contributed by atoms with van der Waals surface area (Å²) in [5, 5.41) is 12.1. The highest BCUT2D eigenvalue weighted by molar-refractivity contribution is 6.07.